The highest BCUT2D eigenvalue weighted by atomic mass is 79.9. The average Bonchev–Trinajstić information content (AvgIpc) is 3.07. The molecule has 2 heterocycles. The lowest BCUT2D eigenvalue weighted by Gasteiger charge is -2.27. The largest absolute Gasteiger partial charge is 0.274 e. The Morgan fingerprint density at radius 3 is 2.38 bits per heavy atom. The second-order valence-electron chi connectivity index (χ2n) is 7.13. The Labute approximate surface area is 198 Å². The summed E-state index contributed by atoms with van der Waals surface area (Å²) in [6.07, 6.45) is 2.84. The summed E-state index contributed by atoms with van der Waals surface area (Å²) >= 11 is 9.21. The van der Waals surface area contributed by atoms with Gasteiger partial charge in [0.2, 0.25) is 15.9 Å². The minimum Gasteiger partial charge on any atom is -0.274 e. The first-order valence-corrected chi connectivity index (χ1v) is 12.2. The third kappa shape index (κ3) is 4.47. The first-order valence-electron chi connectivity index (χ1n) is 9.56. The standard InChI is InChI=1S/C22H17BrClN3O4S/c23-16-3-9-19(10-4-16)32(30,31)26(14-15-2-1-11-25-13-15)20-12-21(28)27(22(20)29)18-7-5-17(24)6-8-18/h1-11,13,20H,12,14H2. The number of anilines is 1. The van der Waals surface area contributed by atoms with Crippen molar-refractivity contribution in [1.29, 1.82) is 0 Å². The van der Waals surface area contributed by atoms with E-state index in [9.17, 15) is 18.0 Å². The Balaban J connectivity index is 1.74. The number of nitrogens with zero attached hydrogens (tertiary/aromatic N) is 3. The first-order chi connectivity index (χ1) is 15.3. The zero-order valence-corrected chi connectivity index (χ0v) is 19.7. The van der Waals surface area contributed by atoms with Crippen LogP contribution in [0, 0.1) is 0 Å². The SMILES string of the molecule is O=C1CC(N(Cc2cccnc2)S(=O)(=O)c2ccc(Br)cc2)C(=O)N1c1ccc(Cl)cc1. The van der Waals surface area contributed by atoms with Crippen molar-refractivity contribution in [3.8, 4) is 0 Å². The molecule has 0 bridgehead atoms. The molecule has 1 aliphatic rings. The molecule has 1 saturated heterocycles. The third-order valence-electron chi connectivity index (χ3n) is 5.04. The average molecular weight is 535 g/mol. The van der Waals surface area contributed by atoms with Gasteiger partial charge in [-0.2, -0.15) is 4.31 Å². The van der Waals surface area contributed by atoms with Crippen molar-refractivity contribution < 1.29 is 18.0 Å². The molecule has 4 rings (SSSR count). The summed E-state index contributed by atoms with van der Waals surface area (Å²) in [6, 6.07) is 14.6. The lowest BCUT2D eigenvalue weighted by Crippen LogP contribution is -2.45. The molecule has 0 radical (unpaired) electrons. The molecule has 2 aromatic carbocycles. The van der Waals surface area contributed by atoms with Crippen LogP contribution in [0.1, 0.15) is 12.0 Å². The number of amides is 2. The van der Waals surface area contributed by atoms with Crippen LogP contribution in [0.25, 0.3) is 0 Å². The molecule has 3 aromatic rings. The number of pyridine rings is 1. The van der Waals surface area contributed by atoms with Gasteiger partial charge < -0.3 is 0 Å². The molecule has 10 heteroatoms. The molecule has 0 aliphatic carbocycles. The molecule has 1 unspecified atom stereocenters. The van der Waals surface area contributed by atoms with E-state index in [4.69, 9.17) is 11.6 Å². The van der Waals surface area contributed by atoms with E-state index in [0.29, 0.717) is 16.3 Å². The summed E-state index contributed by atoms with van der Waals surface area (Å²) in [4.78, 5) is 31.1. The number of hydrogen-bond donors (Lipinski definition) is 0. The Morgan fingerprint density at radius 1 is 1.06 bits per heavy atom. The Kier molecular flexibility index (Phi) is 6.43. The highest BCUT2D eigenvalue weighted by Crippen LogP contribution is 2.31. The van der Waals surface area contributed by atoms with Crippen LogP contribution < -0.4 is 4.90 Å². The lowest BCUT2D eigenvalue weighted by atomic mass is 10.2. The predicted octanol–water partition coefficient (Wildman–Crippen LogP) is 4.02. The summed E-state index contributed by atoms with van der Waals surface area (Å²) < 4.78 is 28.9. The number of imide groups is 1. The summed E-state index contributed by atoms with van der Waals surface area (Å²) in [7, 11) is -4.10. The number of hydrogen-bond acceptors (Lipinski definition) is 5. The minimum atomic E-state index is -4.10. The number of benzene rings is 2. The van der Waals surface area contributed by atoms with Crippen molar-refractivity contribution in [2.75, 3.05) is 4.90 Å². The topological polar surface area (TPSA) is 87.6 Å². The van der Waals surface area contributed by atoms with E-state index < -0.39 is 27.9 Å². The molecule has 0 spiro atoms. The Morgan fingerprint density at radius 2 is 1.75 bits per heavy atom. The molecule has 164 valence electrons. The molecule has 0 N–H and O–H groups in total. The number of rotatable bonds is 6. The number of halogens is 2. The van der Waals surface area contributed by atoms with Crippen LogP contribution >= 0.6 is 27.5 Å². The molecular formula is C22H17BrClN3O4S. The molecule has 2 amide bonds. The van der Waals surface area contributed by atoms with Gasteiger partial charge in [-0.25, -0.2) is 13.3 Å². The van der Waals surface area contributed by atoms with Gasteiger partial charge in [-0.05, 0) is 60.2 Å². The molecule has 1 atom stereocenters. The highest BCUT2D eigenvalue weighted by molar-refractivity contribution is 9.10. The Bertz CT molecular complexity index is 1250. The summed E-state index contributed by atoms with van der Waals surface area (Å²) in [5.41, 5.74) is 0.938. The van der Waals surface area contributed by atoms with Crippen LogP contribution in [0.4, 0.5) is 5.69 Å². The molecule has 1 fully saturated rings. The molecule has 32 heavy (non-hydrogen) atoms. The number of sulfonamides is 1. The number of carbonyl (C=O) groups is 2. The molecule has 0 saturated carbocycles. The number of carbonyl (C=O) groups excluding carboxylic acids is 2. The van der Waals surface area contributed by atoms with E-state index in [-0.39, 0.29) is 17.9 Å². The van der Waals surface area contributed by atoms with Crippen LogP contribution in [0.5, 0.6) is 0 Å². The second kappa shape index (κ2) is 9.11. The van der Waals surface area contributed by atoms with Crippen molar-refractivity contribution in [2.24, 2.45) is 0 Å². The van der Waals surface area contributed by atoms with Gasteiger partial charge in [-0.15, -0.1) is 0 Å². The van der Waals surface area contributed by atoms with E-state index in [1.165, 1.54) is 18.3 Å². The van der Waals surface area contributed by atoms with Gasteiger partial charge in [-0.1, -0.05) is 33.6 Å². The van der Waals surface area contributed by atoms with Crippen molar-refractivity contribution in [3.63, 3.8) is 0 Å². The summed E-state index contributed by atoms with van der Waals surface area (Å²) in [5.74, 6) is -1.09. The number of aromatic nitrogens is 1. The maximum Gasteiger partial charge on any atom is 0.252 e. The predicted molar refractivity (Wildman–Crippen MR) is 123 cm³/mol. The van der Waals surface area contributed by atoms with Gasteiger partial charge in [0.05, 0.1) is 17.0 Å². The maximum absolute atomic E-state index is 13.6. The van der Waals surface area contributed by atoms with Gasteiger partial charge >= 0.3 is 0 Å². The van der Waals surface area contributed by atoms with Crippen molar-refractivity contribution in [2.45, 2.75) is 23.9 Å². The summed E-state index contributed by atoms with van der Waals surface area (Å²) in [6.45, 7) is -0.107. The van der Waals surface area contributed by atoms with Gasteiger partial charge in [0.1, 0.15) is 6.04 Å². The zero-order valence-electron chi connectivity index (χ0n) is 16.6. The van der Waals surface area contributed by atoms with Crippen molar-refractivity contribution in [3.05, 3.63) is 88.1 Å². The van der Waals surface area contributed by atoms with E-state index in [1.807, 2.05) is 0 Å². The maximum atomic E-state index is 13.6. The Hall–Kier alpha value is -2.59. The third-order valence-corrected chi connectivity index (χ3v) is 7.69. The van der Waals surface area contributed by atoms with Crippen molar-refractivity contribution in [1.82, 2.24) is 9.29 Å². The van der Waals surface area contributed by atoms with Crippen LogP contribution in [0.15, 0.2) is 82.4 Å². The van der Waals surface area contributed by atoms with E-state index in [0.717, 1.165) is 13.7 Å². The lowest BCUT2D eigenvalue weighted by molar-refractivity contribution is -0.122. The van der Waals surface area contributed by atoms with Crippen LogP contribution in [0.2, 0.25) is 5.02 Å². The fourth-order valence-electron chi connectivity index (χ4n) is 3.48. The zero-order chi connectivity index (χ0) is 22.9. The fourth-order valence-corrected chi connectivity index (χ4v) is 5.44. The first kappa shape index (κ1) is 22.6. The van der Waals surface area contributed by atoms with Crippen LogP contribution in [-0.2, 0) is 26.2 Å². The molecule has 1 aromatic heterocycles. The van der Waals surface area contributed by atoms with Crippen molar-refractivity contribution >= 4 is 55.1 Å². The molecule has 1 aliphatic heterocycles. The van der Waals surface area contributed by atoms with E-state index in [2.05, 4.69) is 20.9 Å². The highest BCUT2D eigenvalue weighted by Gasteiger charge is 2.47. The molecule has 7 nitrogen and oxygen atoms in total. The van der Waals surface area contributed by atoms with E-state index in [1.54, 1.807) is 54.7 Å². The minimum absolute atomic E-state index is 0.0229. The van der Waals surface area contributed by atoms with E-state index >= 15 is 0 Å². The smallest absolute Gasteiger partial charge is 0.252 e. The summed E-state index contributed by atoms with van der Waals surface area (Å²) in [5, 5.41) is 0.459. The quantitative estimate of drug-likeness (QED) is 0.446. The van der Waals surface area contributed by atoms with Crippen LogP contribution in [0.3, 0.4) is 0 Å². The van der Waals surface area contributed by atoms with Gasteiger partial charge in [0.25, 0.3) is 5.91 Å². The van der Waals surface area contributed by atoms with Crippen LogP contribution in [-0.4, -0.2) is 35.6 Å². The normalized spacial score (nSPS) is 16.7. The van der Waals surface area contributed by atoms with Gasteiger partial charge in [-0.3, -0.25) is 14.6 Å². The second-order valence-corrected chi connectivity index (χ2v) is 10.4. The monoisotopic (exact) mass is 533 g/mol. The van der Waals surface area contributed by atoms with Gasteiger partial charge in [0, 0.05) is 28.4 Å². The molecular weight excluding hydrogens is 518 g/mol. The van der Waals surface area contributed by atoms with Gasteiger partial charge in [0.15, 0.2) is 0 Å². The fraction of sp³-hybridized carbons (Fsp3) is 0.136.